The van der Waals surface area contributed by atoms with E-state index in [-0.39, 0.29) is 0 Å². The van der Waals surface area contributed by atoms with Gasteiger partial charge in [0, 0.05) is 6.54 Å². The summed E-state index contributed by atoms with van der Waals surface area (Å²) < 4.78 is 0. The van der Waals surface area contributed by atoms with E-state index in [4.69, 9.17) is 4.84 Å². The maximum Gasteiger partial charge on any atom is 0.0572 e. The van der Waals surface area contributed by atoms with Crippen molar-refractivity contribution < 1.29 is 4.84 Å². The molecule has 0 rings (SSSR count). The first-order valence-electron chi connectivity index (χ1n) is 4.67. The predicted molar refractivity (Wildman–Crippen MR) is 48.4 cm³/mol. The molecule has 0 fully saturated rings. The Hall–Kier alpha value is -0.0800. The molecule has 0 heterocycles. The van der Waals surface area contributed by atoms with E-state index in [9.17, 15) is 0 Å². The summed E-state index contributed by atoms with van der Waals surface area (Å²) in [4.78, 5) is 4.72. The maximum absolute atomic E-state index is 4.72. The number of hydrogen-bond acceptors (Lipinski definition) is 2. The molecule has 0 aromatic carbocycles. The van der Waals surface area contributed by atoms with Gasteiger partial charge in [0.2, 0.25) is 0 Å². The Morgan fingerprint density at radius 1 is 1.00 bits per heavy atom. The van der Waals surface area contributed by atoms with E-state index >= 15 is 0 Å². The number of rotatable bonds is 8. The Morgan fingerprint density at radius 3 is 2.27 bits per heavy atom. The van der Waals surface area contributed by atoms with Crippen molar-refractivity contribution in [2.24, 2.45) is 0 Å². The lowest BCUT2D eigenvalue weighted by Crippen LogP contribution is -2.12. The molecule has 68 valence electrons. The van der Waals surface area contributed by atoms with E-state index in [1.165, 1.54) is 38.5 Å². The van der Waals surface area contributed by atoms with Crippen LogP contribution >= 0.6 is 0 Å². The summed E-state index contributed by atoms with van der Waals surface area (Å²) in [6.07, 6.45) is 8.05. The Bertz CT molecular complexity index is 58.6. The van der Waals surface area contributed by atoms with E-state index in [0.717, 1.165) is 6.54 Å². The van der Waals surface area contributed by atoms with Gasteiger partial charge in [-0.15, -0.1) is 0 Å². The molecule has 0 aliphatic rings. The molecule has 0 radical (unpaired) electrons. The van der Waals surface area contributed by atoms with Crippen molar-refractivity contribution >= 4 is 0 Å². The molecule has 1 N–H and O–H groups in total. The van der Waals surface area contributed by atoms with Crippen LogP contribution in [0.3, 0.4) is 0 Å². The fourth-order valence-electron chi connectivity index (χ4n) is 1.08. The summed E-state index contributed by atoms with van der Waals surface area (Å²) in [6.45, 7) is 3.23. The Morgan fingerprint density at radius 2 is 1.64 bits per heavy atom. The van der Waals surface area contributed by atoms with E-state index in [0.29, 0.717) is 0 Å². The standard InChI is InChI=1S/C9H21NO/c1-3-4-5-6-7-8-9-10-11-2/h10H,3-9H2,1-2H3. The van der Waals surface area contributed by atoms with Crippen molar-refractivity contribution in [3.8, 4) is 0 Å². The Kier molecular flexibility index (Phi) is 9.85. The molecular formula is C9H21NO. The van der Waals surface area contributed by atoms with Crippen LogP contribution in [0.2, 0.25) is 0 Å². The lowest BCUT2D eigenvalue weighted by Gasteiger charge is -2.00. The zero-order valence-corrected chi connectivity index (χ0v) is 7.86. The van der Waals surface area contributed by atoms with Gasteiger partial charge in [-0.2, -0.15) is 0 Å². The quantitative estimate of drug-likeness (QED) is 0.434. The van der Waals surface area contributed by atoms with Crippen LogP contribution in [0.1, 0.15) is 45.4 Å². The molecule has 0 bridgehead atoms. The second-order valence-electron chi connectivity index (χ2n) is 2.87. The first-order valence-corrected chi connectivity index (χ1v) is 4.67. The zero-order valence-electron chi connectivity index (χ0n) is 7.86. The molecule has 0 saturated carbocycles. The van der Waals surface area contributed by atoms with Crippen molar-refractivity contribution in [1.82, 2.24) is 5.48 Å². The third-order valence-electron chi connectivity index (χ3n) is 1.78. The minimum atomic E-state index is 0.989. The van der Waals surface area contributed by atoms with Crippen molar-refractivity contribution in [1.29, 1.82) is 0 Å². The molecule has 0 aromatic rings. The van der Waals surface area contributed by atoms with Gasteiger partial charge in [-0.3, -0.25) is 0 Å². The van der Waals surface area contributed by atoms with Crippen LogP contribution in [0.5, 0.6) is 0 Å². The third kappa shape index (κ3) is 9.92. The molecule has 0 aromatic heterocycles. The number of hydrogen-bond donors (Lipinski definition) is 1. The molecule has 0 saturated heterocycles. The highest BCUT2D eigenvalue weighted by atomic mass is 16.6. The molecule has 0 aliphatic heterocycles. The van der Waals surface area contributed by atoms with E-state index in [1.807, 2.05) is 0 Å². The topological polar surface area (TPSA) is 21.3 Å². The molecule has 0 atom stereocenters. The molecule has 0 spiro atoms. The second-order valence-corrected chi connectivity index (χ2v) is 2.87. The molecule has 0 aliphatic carbocycles. The first kappa shape index (κ1) is 10.9. The van der Waals surface area contributed by atoms with Crippen molar-refractivity contribution in [2.45, 2.75) is 45.4 Å². The summed E-state index contributed by atoms with van der Waals surface area (Å²) in [5.74, 6) is 0. The average molecular weight is 159 g/mol. The molecule has 0 amide bonds. The van der Waals surface area contributed by atoms with Gasteiger partial charge < -0.3 is 4.84 Å². The third-order valence-corrected chi connectivity index (χ3v) is 1.78. The van der Waals surface area contributed by atoms with Gasteiger partial charge in [0.05, 0.1) is 7.11 Å². The van der Waals surface area contributed by atoms with Crippen molar-refractivity contribution in [3.63, 3.8) is 0 Å². The molecular weight excluding hydrogens is 138 g/mol. The average Bonchev–Trinajstić information content (AvgIpc) is 2.03. The van der Waals surface area contributed by atoms with Gasteiger partial charge in [-0.1, -0.05) is 39.0 Å². The fraction of sp³-hybridized carbons (Fsp3) is 1.00. The van der Waals surface area contributed by atoms with Gasteiger partial charge >= 0.3 is 0 Å². The van der Waals surface area contributed by atoms with E-state index in [1.54, 1.807) is 7.11 Å². The van der Waals surface area contributed by atoms with Crippen LogP contribution in [0.25, 0.3) is 0 Å². The largest absolute Gasteiger partial charge is 0.305 e. The molecule has 11 heavy (non-hydrogen) atoms. The van der Waals surface area contributed by atoms with Crippen molar-refractivity contribution in [2.75, 3.05) is 13.7 Å². The van der Waals surface area contributed by atoms with Gasteiger partial charge in [-0.05, 0) is 6.42 Å². The van der Waals surface area contributed by atoms with Crippen LogP contribution in [0, 0.1) is 0 Å². The number of hydroxylamine groups is 1. The lowest BCUT2D eigenvalue weighted by atomic mass is 10.1. The van der Waals surface area contributed by atoms with Crippen LogP contribution in [0.4, 0.5) is 0 Å². The fourth-order valence-corrected chi connectivity index (χ4v) is 1.08. The number of unbranched alkanes of at least 4 members (excludes halogenated alkanes) is 5. The first-order chi connectivity index (χ1) is 5.41. The summed E-state index contributed by atoms with van der Waals surface area (Å²) in [7, 11) is 1.66. The van der Waals surface area contributed by atoms with E-state index in [2.05, 4.69) is 12.4 Å². The highest BCUT2D eigenvalue weighted by Crippen LogP contribution is 2.03. The van der Waals surface area contributed by atoms with Crippen molar-refractivity contribution in [3.05, 3.63) is 0 Å². The molecule has 2 heteroatoms. The monoisotopic (exact) mass is 159 g/mol. The van der Waals surface area contributed by atoms with Crippen LogP contribution in [-0.4, -0.2) is 13.7 Å². The smallest absolute Gasteiger partial charge is 0.0572 e. The Labute approximate surface area is 70.3 Å². The predicted octanol–water partition coefficient (Wildman–Crippen LogP) is 2.50. The van der Waals surface area contributed by atoms with Crippen LogP contribution in [0.15, 0.2) is 0 Å². The van der Waals surface area contributed by atoms with Gasteiger partial charge in [0.15, 0.2) is 0 Å². The van der Waals surface area contributed by atoms with Gasteiger partial charge in [0.25, 0.3) is 0 Å². The second kappa shape index (κ2) is 9.92. The summed E-state index contributed by atoms with van der Waals surface area (Å²) in [5.41, 5.74) is 2.84. The van der Waals surface area contributed by atoms with Gasteiger partial charge in [0.1, 0.15) is 0 Å². The summed E-state index contributed by atoms with van der Waals surface area (Å²) in [5, 5.41) is 0. The minimum absolute atomic E-state index is 0.989. The van der Waals surface area contributed by atoms with E-state index < -0.39 is 0 Å². The normalized spacial score (nSPS) is 10.4. The Balaban J connectivity index is 2.69. The lowest BCUT2D eigenvalue weighted by molar-refractivity contribution is 0.0904. The number of nitrogens with one attached hydrogen (secondary N) is 1. The highest BCUT2D eigenvalue weighted by Gasteiger charge is 1.88. The summed E-state index contributed by atoms with van der Waals surface area (Å²) in [6, 6.07) is 0. The molecule has 0 unspecified atom stereocenters. The zero-order chi connectivity index (χ0) is 8.36. The highest BCUT2D eigenvalue weighted by molar-refractivity contribution is 4.44. The van der Waals surface area contributed by atoms with Crippen LogP contribution < -0.4 is 5.48 Å². The van der Waals surface area contributed by atoms with Crippen LogP contribution in [-0.2, 0) is 4.84 Å². The minimum Gasteiger partial charge on any atom is -0.305 e. The maximum atomic E-state index is 4.72. The van der Waals surface area contributed by atoms with Gasteiger partial charge in [-0.25, -0.2) is 5.48 Å². The molecule has 2 nitrogen and oxygen atoms in total. The summed E-state index contributed by atoms with van der Waals surface area (Å²) >= 11 is 0. The SMILES string of the molecule is CCCCCCCCNOC.